The Hall–Kier alpha value is -2.08. The van der Waals surface area contributed by atoms with Crippen LogP contribution in [0, 0.1) is 0 Å². The van der Waals surface area contributed by atoms with E-state index in [1.54, 1.807) is 6.92 Å². The van der Waals surface area contributed by atoms with E-state index in [4.69, 9.17) is 0 Å². The summed E-state index contributed by atoms with van der Waals surface area (Å²) in [5.74, 6) is 0.0628. The van der Waals surface area contributed by atoms with Crippen LogP contribution < -0.4 is 10.6 Å². The zero-order valence-electron chi connectivity index (χ0n) is 14.2. The highest BCUT2D eigenvalue weighted by atomic mass is 32.2. The van der Waals surface area contributed by atoms with Crippen molar-refractivity contribution in [2.24, 2.45) is 0 Å². The fourth-order valence-electron chi connectivity index (χ4n) is 2.63. The summed E-state index contributed by atoms with van der Waals surface area (Å²) in [4.78, 5) is 12.1. The number of urea groups is 1. The summed E-state index contributed by atoms with van der Waals surface area (Å²) in [6, 6.07) is 13.4. The largest absolute Gasteiger partial charge is 0.336 e. The second kappa shape index (κ2) is 7.66. The van der Waals surface area contributed by atoms with Gasteiger partial charge >= 0.3 is 6.03 Å². The lowest BCUT2D eigenvalue weighted by molar-refractivity contribution is 0.234. The van der Waals surface area contributed by atoms with Crippen molar-refractivity contribution in [2.75, 3.05) is 12.0 Å². The van der Waals surface area contributed by atoms with Crippen molar-refractivity contribution in [1.82, 2.24) is 10.6 Å². The van der Waals surface area contributed by atoms with Crippen LogP contribution in [0.1, 0.15) is 31.9 Å². The number of fused-ring (bicyclic) bond motifs is 1. The van der Waals surface area contributed by atoms with Gasteiger partial charge in [-0.05, 0) is 36.6 Å². The van der Waals surface area contributed by atoms with Gasteiger partial charge in [-0.15, -0.1) is 0 Å². The van der Waals surface area contributed by atoms with Crippen molar-refractivity contribution in [2.45, 2.75) is 32.4 Å². The normalized spacial score (nSPS) is 14.1. The van der Waals surface area contributed by atoms with E-state index in [0.717, 1.165) is 16.3 Å². The van der Waals surface area contributed by atoms with Gasteiger partial charge in [-0.25, -0.2) is 13.2 Å². The predicted molar refractivity (Wildman–Crippen MR) is 97.8 cm³/mol. The highest BCUT2D eigenvalue weighted by Gasteiger charge is 2.14. The van der Waals surface area contributed by atoms with Gasteiger partial charge in [-0.3, -0.25) is 0 Å². The molecule has 0 aliphatic carbocycles. The molecule has 0 unspecified atom stereocenters. The summed E-state index contributed by atoms with van der Waals surface area (Å²) >= 11 is 0. The first kappa shape index (κ1) is 18.3. The summed E-state index contributed by atoms with van der Waals surface area (Å²) in [7, 11) is -3.02. The molecule has 5 nitrogen and oxygen atoms in total. The smallest absolute Gasteiger partial charge is 0.315 e. The van der Waals surface area contributed by atoms with Gasteiger partial charge in [0.05, 0.1) is 11.8 Å². The van der Waals surface area contributed by atoms with Crippen molar-refractivity contribution in [1.29, 1.82) is 0 Å². The van der Waals surface area contributed by atoms with E-state index in [1.807, 2.05) is 49.4 Å². The van der Waals surface area contributed by atoms with Gasteiger partial charge in [0.1, 0.15) is 9.84 Å². The molecule has 2 atom stereocenters. The minimum absolute atomic E-state index is 0.0628. The third kappa shape index (κ3) is 5.23. The Bertz CT molecular complexity index is 813. The van der Waals surface area contributed by atoms with Gasteiger partial charge in [-0.1, -0.05) is 42.5 Å². The lowest BCUT2D eigenvalue weighted by Gasteiger charge is -2.19. The Balaban J connectivity index is 1.98. The maximum absolute atomic E-state index is 12.1. The number of nitrogens with one attached hydrogen (secondary N) is 2. The third-order valence-corrected chi connectivity index (χ3v) is 4.91. The molecule has 24 heavy (non-hydrogen) atoms. The van der Waals surface area contributed by atoms with Gasteiger partial charge in [-0.2, -0.15) is 0 Å². The first-order valence-electron chi connectivity index (χ1n) is 7.98. The molecular weight excluding hydrogens is 324 g/mol. The lowest BCUT2D eigenvalue weighted by Crippen LogP contribution is -2.42. The number of hydrogen-bond acceptors (Lipinski definition) is 3. The van der Waals surface area contributed by atoms with E-state index < -0.39 is 9.84 Å². The number of sulfone groups is 1. The molecule has 0 aliphatic heterocycles. The van der Waals surface area contributed by atoms with Crippen LogP contribution in [0.25, 0.3) is 10.8 Å². The van der Waals surface area contributed by atoms with E-state index in [9.17, 15) is 13.2 Å². The third-order valence-electron chi connectivity index (χ3n) is 3.94. The second-order valence-electron chi connectivity index (χ2n) is 6.23. The topological polar surface area (TPSA) is 75.3 Å². The number of rotatable bonds is 6. The monoisotopic (exact) mass is 348 g/mol. The van der Waals surface area contributed by atoms with Crippen molar-refractivity contribution >= 4 is 26.6 Å². The first-order chi connectivity index (χ1) is 11.3. The molecule has 0 bridgehead atoms. The number of carbonyl (C=O) groups is 1. The maximum Gasteiger partial charge on any atom is 0.315 e. The number of hydrogen-bond donors (Lipinski definition) is 2. The zero-order valence-corrected chi connectivity index (χ0v) is 15.1. The van der Waals surface area contributed by atoms with E-state index in [2.05, 4.69) is 10.6 Å². The molecule has 2 amide bonds. The van der Waals surface area contributed by atoms with E-state index in [1.165, 1.54) is 6.26 Å². The molecular formula is C18H24N2O3S. The lowest BCUT2D eigenvalue weighted by atomic mass is 10.00. The molecule has 2 aromatic carbocycles. The van der Waals surface area contributed by atoms with E-state index in [-0.39, 0.29) is 23.9 Å². The molecule has 0 fully saturated rings. The van der Waals surface area contributed by atoms with Crippen molar-refractivity contribution in [3.63, 3.8) is 0 Å². The minimum Gasteiger partial charge on any atom is -0.336 e. The van der Waals surface area contributed by atoms with Crippen molar-refractivity contribution in [3.8, 4) is 0 Å². The van der Waals surface area contributed by atoms with Crippen LogP contribution in [0.5, 0.6) is 0 Å². The van der Waals surface area contributed by atoms with Crippen LogP contribution >= 0.6 is 0 Å². The van der Waals surface area contributed by atoms with Gasteiger partial charge in [0.15, 0.2) is 0 Å². The number of carbonyl (C=O) groups excluding carboxylic acids is 1. The summed E-state index contributed by atoms with van der Waals surface area (Å²) < 4.78 is 22.4. The highest BCUT2D eigenvalue weighted by molar-refractivity contribution is 7.90. The molecule has 0 aromatic heterocycles. The van der Waals surface area contributed by atoms with Crippen LogP contribution in [-0.4, -0.2) is 32.5 Å². The Morgan fingerprint density at radius 3 is 2.42 bits per heavy atom. The van der Waals surface area contributed by atoms with Crippen LogP contribution in [0.2, 0.25) is 0 Å². The Morgan fingerprint density at radius 1 is 1.04 bits per heavy atom. The fraction of sp³-hybridized carbons (Fsp3) is 0.389. The Morgan fingerprint density at radius 2 is 1.71 bits per heavy atom. The molecule has 0 spiro atoms. The van der Waals surface area contributed by atoms with Crippen molar-refractivity contribution < 1.29 is 13.2 Å². The minimum atomic E-state index is -3.02. The molecule has 0 saturated carbocycles. The standard InChI is InChI=1S/C18H24N2O3S/c1-13(11-12-24(3,22)23)19-18(21)20-14(2)16-10-6-8-15-7-4-5-9-17(15)16/h4-10,13-14H,11-12H2,1-3H3,(H2,19,20,21)/t13-,14-/m0/s1. The fourth-order valence-corrected chi connectivity index (χ4v) is 3.41. The van der Waals surface area contributed by atoms with Crippen LogP contribution in [0.3, 0.4) is 0 Å². The van der Waals surface area contributed by atoms with Crippen LogP contribution in [-0.2, 0) is 9.84 Å². The molecule has 130 valence electrons. The molecule has 2 aromatic rings. The average Bonchev–Trinajstić information content (AvgIpc) is 2.51. The van der Waals surface area contributed by atoms with Gasteiger partial charge in [0, 0.05) is 12.3 Å². The van der Waals surface area contributed by atoms with Gasteiger partial charge in [0.2, 0.25) is 0 Å². The summed E-state index contributed by atoms with van der Waals surface area (Å²) in [6.07, 6.45) is 1.59. The predicted octanol–water partition coefficient (Wildman–Crippen LogP) is 3.02. The van der Waals surface area contributed by atoms with Gasteiger partial charge in [0.25, 0.3) is 0 Å². The van der Waals surface area contributed by atoms with Crippen LogP contribution in [0.15, 0.2) is 42.5 Å². The van der Waals surface area contributed by atoms with Crippen LogP contribution in [0.4, 0.5) is 4.79 Å². The molecule has 0 radical (unpaired) electrons. The SMILES string of the molecule is C[C@H](NC(=O)N[C@@H](C)CCS(C)(=O)=O)c1cccc2ccccc12. The van der Waals surface area contributed by atoms with Gasteiger partial charge < -0.3 is 10.6 Å². The zero-order chi connectivity index (χ0) is 17.7. The molecule has 2 rings (SSSR count). The maximum atomic E-state index is 12.1. The molecule has 0 aliphatic rings. The molecule has 0 saturated heterocycles. The highest BCUT2D eigenvalue weighted by Crippen LogP contribution is 2.23. The Labute approximate surface area is 143 Å². The summed E-state index contributed by atoms with van der Waals surface area (Å²) in [5, 5.41) is 7.94. The number of benzene rings is 2. The molecule has 0 heterocycles. The second-order valence-corrected chi connectivity index (χ2v) is 8.49. The van der Waals surface area contributed by atoms with Crippen molar-refractivity contribution in [3.05, 3.63) is 48.0 Å². The first-order valence-corrected chi connectivity index (χ1v) is 10.0. The number of amides is 2. The molecule has 2 N–H and O–H groups in total. The summed E-state index contributed by atoms with van der Waals surface area (Å²) in [6.45, 7) is 3.73. The Kier molecular flexibility index (Phi) is 5.83. The van der Waals surface area contributed by atoms with E-state index >= 15 is 0 Å². The quantitative estimate of drug-likeness (QED) is 0.842. The average molecular weight is 348 g/mol. The molecule has 6 heteroatoms. The summed E-state index contributed by atoms with van der Waals surface area (Å²) in [5.41, 5.74) is 1.05. The van der Waals surface area contributed by atoms with E-state index in [0.29, 0.717) is 6.42 Å².